The molecule has 0 saturated carbocycles. The smallest absolute Gasteiger partial charge is 0.270 e. The summed E-state index contributed by atoms with van der Waals surface area (Å²) in [6.45, 7) is 0. The van der Waals surface area contributed by atoms with E-state index in [1.165, 1.54) is 35.7 Å². The number of nitro groups is 1. The summed E-state index contributed by atoms with van der Waals surface area (Å²) in [6, 6.07) is 10.9. The zero-order chi connectivity index (χ0) is 20.8. The van der Waals surface area contributed by atoms with Crippen LogP contribution in [0.25, 0.3) is 0 Å². The molecule has 0 fully saturated rings. The van der Waals surface area contributed by atoms with Crippen LogP contribution in [0.4, 0.5) is 5.69 Å². The van der Waals surface area contributed by atoms with Crippen molar-refractivity contribution < 1.29 is 19.3 Å². The SMILES string of the molecule is O=C(CCC(=O)c1ccc2c(c1)CCCC2)NNC(=O)c1cccc([N+](=O)[O-])c1. The van der Waals surface area contributed by atoms with Crippen LogP contribution in [0, 0.1) is 10.1 Å². The second kappa shape index (κ2) is 9.09. The summed E-state index contributed by atoms with van der Waals surface area (Å²) >= 11 is 0. The highest BCUT2D eigenvalue weighted by Gasteiger charge is 2.15. The first-order valence-electron chi connectivity index (χ1n) is 9.42. The maximum Gasteiger partial charge on any atom is 0.270 e. The van der Waals surface area contributed by atoms with E-state index in [4.69, 9.17) is 0 Å². The monoisotopic (exact) mass is 395 g/mol. The largest absolute Gasteiger partial charge is 0.294 e. The van der Waals surface area contributed by atoms with Gasteiger partial charge in [0.1, 0.15) is 0 Å². The molecule has 0 aliphatic heterocycles. The van der Waals surface area contributed by atoms with Gasteiger partial charge in [0, 0.05) is 36.1 Å². The van der Waals surface area contributed by atoms with Gasteiger partial charge in [-0.05, 0) is 48.9 Å². The number of nitrogens with one attached hydrogen (secondary N) is 2. The number of aryl methyl sites for hydroxylation is 2. The first-order valence-corrected chi connectivity index (χ1v) is 9.42. The van der Waals surface area contributed by atoms with E-state index in [1.54, 1.807) is 6.07 Å². The molecule has 2 aromatic rings. The predicted molar refractivity (Wildman–Crippen MR) is 105 cm³/mol. The molecule has 0 unspecified atom stereocenters. The van der Waals surface area contributed by atoms with Crippen molar-refractivity contribution in [2.75, 3.05) is 0 Å². The molecule has 0 heterocycles. The van der Waals surface area contributed by atoms with Crippen LogP contribution in [0.1, 0.15) is 57.5 Å². The standard InChI is InChI=1S/C21H21N3O5/c25-19(16-9-8-14-4-1-2-5-15(14)12-16)10-11-20(26)22-23-21(27)17-6-3-7-18(13-17)24(28)29/h3,6-9,12-13H,1-2,4-5,10-11H2,(H,22,26)(H,23,27). The highest BCUT2D eigenvalue weighted by atomic mass is 16.6. The molecule has 0 spiro atoms. The van der Waals surface area contributed by atoms with Crippen LogP contribution < -0.4 is 10.9 Å². The van der Waals surface area contributed by atoms with Crippen molar-refractivity contribution in [1.82, 2.24) is 10.9 Å². The van der Waals surface area contributed by atoms with E-state index in [1.807, 2.05) is 12.1 Å². The maximum atomic E-state index is 12.4. The number of rotatable bonds is 6. The molecule has 8 heteroatoms. The van der Waals surface area contributed by atoms with Crippen LogP contribution in [0.15, 0.2) is 42.5 Å². The normalized spacial score (nSPS) is 12.6. The molecular weight excluding hydrogens is 374 g/mol. The number of hydrogen-bond acceptors (Lipinski definition) is 5. The lowest BCUT2D eigenvalue weighted by Gasteiger charge is -2.16. The highest BCUT2D eigenvalue weighted by Crippen LogP contribution is 2.23. The summed E-state index contributed by atoms with van der Waals surface area (Å²) in [5, 5.41) is 10.8. The summed E-state index contributed by atoms with van der Waals surface area (Å²) in [7, 11) is 0. The van der Waals surface area contributed by atoms with E-state index in [2.05, 4.69) is 10.9 Å². The molecule has 29 heavy (non-hydrogen) atoms. The zero-order valence-corrected chi connectivity index (χ0v) is 15.8. The number of carbonyl (C=O) groups excluding carboxylic acids is 3. The van der Waals surface area contributed by atoms with Crippen molar-refractivity contribution in [3.8, 4) is 0 Å². The Labute approximate surface area is 167 Å². The Bertz CT molecular complexity index is 971. The summed E-state index contributed by atoms with van der Waals surface area (Å²) in [5.74, 6) is -1.32. The minimum Gasteiger partial charge on any atom is -0.294 e. The van der Waals surface area contributed by atoms with Crippen molar-refractivity contribution in [2.24, 2.45) is 0 Å². The van der Waals surface area contributed by atoms with Gasteiger partial charge in [0.2, 0.25) is 5.91 Å². The number of hydrogen-bond donors (Lipinski definition) is 2. The van der Waals surface area contributed by atoms with E-state index in [0.29, 0.717) is 5.56 Å². The molecule has 1 aliphatic rings. The highest BCUT2D eigenvalue weighted by molar-refractivity contribution is 5.99. The second-order valence-corrected chi connectivity index (χ2v) is 6.92. The minimum absolute atomic E-state index is 0.0251. The van der Waals surface area contributed by atoms with E-state index in [9.17, 15) is 24.5 Å². The Kier molecular flexibility index (Phi) is 6.33. The lowest BCUT2D eigenvalue weighted by molar-refractivity contribution is -0.384. The molecule has 0 aromatic heterocycles. The van der Waals surface area contributed by atoms with Crippen LogP contribution in [0.2, 0.25) is 0 Å². The molecule has 2 N–H and O–H groups in total. The van der Waals surface area contributed by atoms with Gasteiger partial charge in [0.25, 0.3) is 11.6 Å². The number of non-ortho nitro benzene ring substituents is 1. The second-order valence-electron chi connectivity index (χ2n) is 6.92. The topological polar surface area (TPSA) is 118 Å². The van der Waals surface area contributed by atoms with Crippen LogP contribution in [0.5, 0.6) is 0 Å². The molecular formula is C21H21N3O5. The lowest BCUT2D eigenvalue weighted by Crippen LogP contribution is -2.41. The fourth-order valence-corrected chi connectivity index (χ4v) is 3.30. The number of fused-ring (bicyclic) bond motifs is 1. The molecule has 2 aromatic carbocycles. The Hall–Kier alpha value is -3.55. The number of benzene rings is 2. The average Bonchev–Trinajstić information content (AvgIpc) is 2.75. The van der Waals surface area contributed by atoms with E-state index in [-0.39, 0.29) is 29.9 Å². The van der Waals surface area contributed by atoms with E-state index in [0.717, 1.165) is 25.3 Å². The van der Waals surface area contributed by atoms with Gasteiger partial charge < -0.3 is 0 Å². The van der Waals surface area contributed by atoms with Gasteiger partial charge >= 0.3 is 0 Å². The Balaban J connectivity index is 1.48. The maximum absolute atomic E-state index is 12.4. The van der Waals surface area contributed by atoms with Crippen molar-refractivity contribution in [3.05, 3.63) is 74.8 Å². The fourth-order valence-electron chi connectivity index (χ4n) is 3.30. The van der Waals surface area contributed by atoms with Crippen LogP contribution in [-0.4, -0.2) is 22.5 Å². The van der Waals surface area contributed by atoms with Gasteiger partial charge in [-0.3, -0.25) is 35.3 Å². The molecule has 3 rings (SSSR count). The first kappa shape index (κ1) is 20.2. The average molecular weight is 395 g/mol. The minimum atomic E-state index is -0.678. The van der Waals surface area contributed by atoms with Gasteiger partial charge in [-0.15, -0.1) is 0 Å². The molecule has 150 valence electrons. The summed E-state index contributed by atoms with van der Waals surface area (Å²) in [6.07, 6.45) is 4.25. The molecule has 0 radical (unpaired) electrons. The van der Waals surface area contributed by atoms with Crippen molar-refractivity contribution >= 4 is 23.3 Å². The van der Waals surface area contributed by atoms with E-state index >= 15 is 0 Å². The molecule has 2 amide bonds. The molecule has 8 nitrogen and oxygen atoms in total. The summed E-state index contributed by atoms with van der Waals surface area (Å²) < 4.78 is 0. The van der Waals surface area contributed by atoms with Crippen LogP contribution in [0.3, 0.4) is 0 Å². The van der Waals surface area contributed by atoms with Gasteiger partial charge in [-0.25, -0.2) is 0 Å². The first-order chi connectivity index (χ1) is 13.9. The van der Waals surface area contributed by atoms with Crippen LogP contribution >= 0.6 is 0 Å². The lowest BCUT2D eigenvalue weighted by atomic mass is 9.89. The third-order valence-electron chi connectivity index (χ3n) is 4.88. The van der Waals surface area contributed by atoms with Gasteiger partial charge in [0.15, 0.2) is 5.78 Å². The van der Waals surface area contributed by atoms with Gasteiger partial charge in [-0.1, -0.05) is 18.2 Å². The number of amides is 2. The van der Waals surface area contributed by atoms with Crippen molar-refractivity contribution in [2.45, 2.75) is 38.5 Å². The molecule has 0 saturated heterocycles. The Morgan fingerprint density at radius 3 is 2.41 bits per heavy atom. The van der Waals surface area contributed by atoms with Crippen molar-refractivity contribution in [3.63, 3.8) is 0 Å². The van der Waals surface area contributed by atoms with Gasteiger partial charge in [0.05, 0.1) is 4.92 Å². The zero-order valence-electron chi connectivity index (χ0n) is 15.8. The predicted octanol–water partition coefficient (Wildman–Crippen LogP) is 2.90. The molecule has 0 bridgehead atoms. The van der Waals surface area contributed by atoms with Gasteiger partial charge in [-0.2, -0.15) is 0 Å². The Morgan fingerprint density at radius 1 is 0.897 bits per heavy atom. The Morgan fingerprint density at radius 2 is 1.66 bits per heavy atom. The summed E-state index contributed by atoms with van der Waals surface area (Å²) in [4.78, 5) is 46.5. The fraction of sp³-hybridized carbons (Fsp3) is 0.286. The molecule has 1 aliphatic carbocycles. The third-order valence-corrected chi connectivity index (χ3v) is 4.88. The van der Waals surface area contributed by atoms with Crippen LogP contribution in [-0.2, 0) is 17.6 Å². The third kappa shape index (κ3) is 5.25. The number of Topliss-reactive ketones (excluding diaryl/α,β-unsaturated/α-hetero) is 1. The van der Waals surface area contributed by atoms with Crippen molar-refractivity contribution in [1.29, 1.82) is 0 Å². The summed E-state index contributed by atoms with van der Waals surface area (Å²) in [5.41, 5.74) is 7.33. The number of nitrogens with zero attached hydrogens (tertiary/aromatic N) is 1. The number of ketones is 1. The molecule has 0 atom stereocenters. The number of hydrazine groups is 1. The van der Waals surface area contributed by atoms with E-state index < -0.39 is 16.7 Å². The number of nitro benzene ring substituents is 1. The number of carbonyl (C=O) groups is 3. The quantitative estimate of drug-likeness (QED) is 0.443.